The number of aryl methyl sites for hydroxylation is 1. The van der Waals surface area contributed by atoms with Gasteiger partial charge in [-0.1, -0.05) is 24.3 Å². The van der Waals surface area contributed by atoms with Gasteiger partial charge in [-0.15, -0.1) is 24.0 Å². The summed E-state index contributed by atoms with van der Waals surface area (Å²) in [7, 11) is 1.75. The third-order valence-electron chi connectivity index (χ3n) is 4.47. The van der Waals surface area contributed by atoms with Crippen LogP contribution in [0, 0.1) is 6.92 Å². The SMILES string of the molecule is CN=C(NCCNC(=O)OC(C)(C)C)NCC1(c2ccccc2C)CC1.I. The molecule has 0 unspecified atom stereocenters. The van der Waals surface area contributed by atoms with E-state index >= 15 is 0 Å². The Bertz CT molecular complexity index is 652. The number of aliphatic imine (C=N–C) groups is 1. The number of carbonyl (C=O) groups excluding carboxylic acids is 1. The Hall–Kier alpha value is -1.51. The van der Waals surface area contributed by atoms with Gasteiger partial charge in [-0.25, -0.2) is 4.79 Å². The Balaban J connectivity index is 0.00000364. The standard InChI is InChI=1S/C20H32N4O2.HI/c1-15-8-6-7-9-16(15)20(10-11-20)14-24-17(21-5)22-12-13-23-18(25)26-19(2,3)4;/h6-9H,10-14H2,1-5H3,(H,23,25)(H2,21,22,24);1H. The number of alkyl carbamates (subject to hydrolysis) is 1. The number of amides is 1. The number of hydrogen-bond donors (Lipinski definition) is 3. The zero-order valence-corrected chi connectivity index (χ0v) is 19.3. The van der Waals surface area contributed by atoms with Crippen molar-refractivity contribution in [2.75, 3.05) is 26.7 Å². The van der Waals surface area contributed by atoms with Crippen molar-refractivity contribution in [2.24, 2.45) is 4.99 Å². The maximum atomic E-state index is 11.6. The van der Waals surface area contributed by atoms with Crippen LogP contribution in [0.4, 0.5) is 4.79 Å². The molecule has 7 heteroatoms. The van der Waals surface area contributed by atoms with Gasteiger partial charge in [-0.3, -0.25) is 4.99 Å². The van der Waals surface area contributed by atoms with Gasteiger partial charge in [0.1, 0.15) is 5.60 Å². The van der Waals surface area contributed by atoms with Crippen LogP contribution in [0.5, 0.6) is 0 Å². The molecule has 0 atom stereocenters. The summed E-state index contributed by atoms with van der Waals surface area (Å²) in [6.07, 6.45) is 1.99. The van der Waals surface area contributed by atoms with Crippen LogP contribution in [0.2, 0.25) is 0 Å². The van der Waals surface area contributed by atoms with Gasteiger partial charge in [0.05, 0.1) is 0 Å². The van der Waals surface area contributed by atoms with E-state index in [4.69, 9.17) is 4.74 Å². The molecule has 0 heterocycles. The first-order valence-corrected chi connectivity index (χ1v) is 9.23. The van der Waals surface area contributed by atoms with E-state index in [0.717, 1.165) is 12.5 Å². The van der Waals surface area contributed by atoms with Gasteiger partial charge in [-0.05, 0) is 51.7 Å². The van der Waals surface area contributed by atoms with Gasteiger partial charge in [-0.2, -0.15) is 0 Å². The number of guanidine groups is 1. The maximum absolute atomic E-state index is 11.6. The van der Waals surface area contributed by atoms with E-state index in [2.05, 4.69) is 52.1 Å². The van der Waals surface area contributed by atoms with Gasteiger partial charge in [0.25, 0.3) is 0 Å². The Morgan fingerprint density at radius 3 is 2.33 bits per heavy atom. The molecule has 6 nitrogen and oxygen atoms in total. The molecule has 0 bridgehead atoms. The second kappa shape index (κ2) is 10.1. The molecular weight excluding hydrogens is 455 g/mol. The van der Waals surface area contributed by atoms with Crippen LogP contribution in [0.3, 0.4) is 0 Å². The van der Waals surface area contributed by atoms with E-state index in [9.17, 15) is 4.79 Å². The highest BCUT2D eigenvalue weighted by molar-refractivity contribution is 14.0. The summed E-state index contributed by atoms with van der Waals surface area (Å²) in [5.41, 5.74) is 2.51. The molecule has 0 spiro atoms. The molecule has 152 valence electrons. The minimum atomic E-state index is -0.483. The predicted octanol–water partition coefficient (Wildman–Crippen LogP) is 3.33. The smallest absolute Gasteiger partial charge is 0.407 e. The molecule has 0 saturated heterocycles. The Kier molecular flexibility index (Phi) is 8.84. The topological polar surface area (TPSA) is 74.8 Å². The second-order valence-corrected chi connectivity index (χ2v) is 7.88. The summed E-state index contributed by atoms with van der Waals surface area (Å²) < 4.78 is 5.21. The summed E-state index contributed by atoms with van der Waals surface area (Å²) in [5.74, 6) is 0.746. The van der Waals surface area contributed by atoms with Gasteiger partial charge < -0.3 is 20.7 Å². The van der Waals surface area contributed by atoms with Crippen molar-refractivity contribution in [3.05, 3.63) is 35.4 Å². The molecular formula is C20H33IN4O2. The maximum Gasteiger partial charge on any atom is 0.407 e. The van der Waals surface area contributed by atoms with E-state index < -0.39 is 11.7 Å². The number of ether oxygens (including phenoxy) is 1. The molecule has 1 fully saturated rings. The molecule has 0 aliphatic heterocycles. The van der Waals surface area contributed by atoms with Gasteiger partial charge in [0.2, 0.25) is 0 Å². The lowest BCUT2D eigenvalue weighted by Gasteiger charge is -2.21. The lowest BCUT2D eigenvalue weighted by atomic mass is 9.92. The number of nitrogens with one attached hydrogen (secondary N) is 3. The number of halogens is 1. The predicted molar refractivity (Wildman–Crippen MR) is 121 cm³/mol. The minimum Gasteiger partial charge on any atom is -0.444 e. The number of hydrogen-bond acceptors (Lipinski definition) is 3. The summed E-state index contributed by atoms with van der Waals surface area (Å²) in [5, 5.41) is 9.37. The highest BCUT2D eigenvalue weighted by atomic mass is 127. The average Bonchev–Trinajstić information content (AvgIpc) is 3.34. The summed E-state index contributed by atoms with van der Waals surface area (Å²) >= 11 is 0. The Morgan fingerprint density at radius 1 is 1.15 bits per heavy atom. The Morgan fingerprint density at radius 2 is 1.78 bits per heavy atom. The molecule has 1 aromatic rings. The fourth-order valence-corrected chi connectivity index (χ4v) is 2.99. The van der Waals surface area contributed by atoms with Crippen LogP contribution in [0.25, 0.3) is 0 Å². The molecule has 1 aliphatic rings. The van der Waals surface area contributed by atoms with E-state index in [0.29, 0.717) is 13.1 Å². The van der Waals surface area contributed by atoms with E-state index in [1.807, 2.05) is 20.8 Å². The summed E-state index contributed by atoms with van der Waals surface area (Å²) in [6, 6.07) is 8.59. The molecule has 27 heavy (non-hydrogen) atoms. The van der Waals surface area contributed by atoms with Crippen LogP contribution in [-0.4, -0.2) is 44.3 Å². The summed E-state index contributed by atoms with van der Waals surface area (Å²) in [6.45, 7) is 9.62. The lowest BCUT2D eigenvalue weighted by molar-refractivity contribution is 0.0529. The van der Waals surface area contributed by atoms with Crippen molar-refractivity contribution >= 4 is 36.0 Å². The van der Waals surface area contributed by atoms with Crippen molar-refractivity contribution in [3.8, 4) is 0 Å². The molecule has 0 radical (unpaired) electrons. The van der Waals surface area contributed by atoms with Crippen molar-refractivity contribution in [2.45, 2.75) is 51.6 Å². The van der Waals surface area contributed by atoms with Crippen LogP contribution in [0.15, 0.2) is 29.3 Å². The lowest BCUT2D eigenvalue weighted by Crippen LogP contribution is -2.44. The molecule has 2 rings (SSSR count). The highest BCUT2D eigenvalue weighted by Gasteiger charge is 2.44. The Labute approximate surface area is 179 Å². The zero-order chi connectivity index (χ0) is 19.2. The van der Waals surface area contributed by atoms with Crippen molar-refractivity contribution in [3.63, 3.8) is 0 Å². The van der Waals surface area contributed by atoms with Crippen LogP contribution >= 0.6 is 24.0 Å². The molecule has 1 aromatic carbocycles. The van der Waals surface area contributed by atoms with Gasteiger partial charge in [0.15, 0.2) is 5.96 Å². The van der Waals surface area contributed by atoms with Gasteiger partial charge >= 0.3 is 6.09 Å². The number of nitrogens with zero attached hydrogens (tertiary/aromatic N) is 1. The third kappa shape index (κ3) is 7.56. The van der Waals surface area contributed by atoms with Crippen LogP contribution in [0.1, 0.15) is 44.7 Å². The second-order valence-electron chi connectivity index (χ2n) is 7.88. The molecule has 1 aliphatic carbocycles. The van der Waals surface area contributed by atoms with Crippen molar-refractivity contribution in [1.29, 1.82) is 0 Å². The molecule has 1 saturated carbocycles. The average molecular weight is 488 g/mol. The van der Waals surface area contributed by atoms with E-state index in [-0.39, 0.29) is 29.4 Å². The molecule has 0 aromatic heterocycles. The monoisotopic (exact) mass is 488 g/mol. The van der Waals surface area contributed by atoms with Crippen LogP contribution in [-0.2, 0) is 10.2 Å². The van der Waals surface area contributed by atoms with E-state index in [1.54, 1.807) is 7.05 Å². The highest BCUT2D eigenvalue weighted by Crippen LogP contribution is 2.48. The fraction of sp³-hybridized carbons (Fsp3) is 0.600. The fourth-order valence-electron chi connectivity index (χ4n) is 2.99. The molecule has 1 amide bonds. The van der Waals surface area contributed by atoms with Gasteiger partial charge in [0, 0.05) is 32.1 Å². The number of benzene rings is 1. The minimum absolute atomic E-state index is 0. The third-order valence-corrected chi connectivity index (χ3v) is 4.47. The first-order chi connectivity index (χ1) is 12.3. The van der Waals surface area contributed by atoms with Crippen LogP contribution < -0.4 is 16.0 Å². The number of rotatable bonds is 6. The van der Waals surface area contributed by atoms with E-state index in [1.165, 1.54) is 24.0 Å². The normalized spacial score (nSPS) is 15.4. The molecule has 3 N–H and O–H groups in total. The first kappa shape index (κ1) is 23.5. The first-order valence-electron chi connectivity index (χ1n) is 9.23. The van der Waals surface area contributed by atoms with Crippen molar-refractivity contribution < 1.29 is 9.53 Å². The largest absolute Gasteiger partial charge is 0.444 e. The summed E-state index contributed by atoms with van der Waals surface area (Å²) in [4.78, 5) is 15.9. The zero-order valence-electron chi connectivity index (χ0n) is 17.0. The number of carbonyl (C=O) groups is 1. The quantitative estimate of drug-likeness (QED) is 0.249. The van der Waals surface area contributed by atoms with Crippen molar-refractivity contribution in [1.82, 2.24) is 16.0 Å².